The molecule has 0 bridgehead atoms. The van der Waals surface area contributed by atoms with Crippen LogP contribution in [0.1, 0.15) is 40.5 Å². The van der Waals surface area contributed by atoms with Crippen molar-refractivity contribution in [3.8, 4) is 0 Å². The summed E-state index contributed by atoms with van der Waals surface area (Å²) in [5.74, 6) is 0.515. The van der Waals surface area contributed by atoms with E-state index in [0.29, 0.717) is 31.8 Å². The van der Waals surface area contributed by atoms with Gasteiger partial charge in [-0.05, 0) is 33.6 Å². The van der Waals surface area contributed by atoms with Crippen LogP contribution in [0.15, 0.2) is 5.16 Å². The Labute approximate surface area is 131 Å². The van der Waals surface area contributed by atoms with Crippen molar-refractivity contribution in [3.63, 3.8) is 0 Å². The van der Waals surface area contributed by atoms with Gasteiger partial charge in [-0.15, -0.1) is 0 Å². The van der Waals surface area contributed by atoms with Crippen LogP contribution in [-0.2, 0) is 14.3 Å². The summed E-state index contributed by atoms with van der Waals surface area (Å²) in [6.45, 7) is 8.94. The Morgan fingerprint density at radius 2 is 2.09 bits per heavy atom. The lowest BCUT2D eigenvalue weighted by molar-refractivity contribution is -0.0331. The maximum absolute atomic E-state index is 12.1. The van der Waals surface area contributed by atoms with Gasteiger partial charge in [0, 0.05) is 13.1 Å². The molecule has 0 aliphatic carbocycles. The highest BCUT2D eigenvalue weighted by atomic mass is 16.7. The second-order valence-electron chi connectivity index (χ2n) is 7.14. The third-order valence-corrected chi connectivity index (χ3v) is 3.92. The standard InChI is InChI=1S/C15H26N2O5/c1-14(2,3)22-13(19)17-7-5-15(4,6-8-17)12-16-20-10-11(9-18)21-12/h11,18H,5-10H2,1-4H3. The lowest BCUT2D eigenvalue weighted by Crippen LogP contribution is -2.49. The monoisotopic (exact) mass is 314 g/mol. The molecule has 0 aromatic heterocycles. The number of likely N-dealkylation sites (tertiary alicyclic amines) is 1. The number of ether oxygens (including phenoxy) is 2. The van der Waals surface area contributed by atoms with Crippen LogP contribution in [0.3, 0.4) is 0 Å². The van der Waals surface area contributed by atoms with E-state index in [1.54, 1.807) is 4.90 Å². The predicted octanol–water partition coefficient (Wildman–Crippen LogP) is 1.74. The van der Waals surface area contributed by atoms with Crippen molar-refractivity contribution < 1.29 is 24.2 Å². The van der Waals surface area contributed by atoms with Crippen molar-refractivity contribution >= 4 is 12.0 Å². The third kappa shape index (κ3) is 4.03. The van der Waals surface area contributed by atoms with Crippen molar-refractivity contribution in [2.75, 3.05) is 26.3 Å². The number of rotatable bonds is 2. The van der Waals surface area contributed by atoms with E-state index in [9.17, 15) is 9.90 Å². The third-order valence-electron chi connectivity index (χ3n) is 3.92. The number of piperidine rings is 1. The summed E-state index contributed by atoms with van der Waals surface area (Å²) in [4.78, 5) is 18.9. The smallest absolute Gasteiger partial charge is 0.410 e. The maximum Gasteiger partial charge on any atom is 0.410 e. The summed E-state index contributed by atoms with van der Waals surface area (Å²) in [5, 5.41) is 13.2. The minimum atomic E-state index is -0.489. The van der Waals surface area contributed by atoms with Gasteiger partial charge in [-0.2, -0.15) is 0 Å². The van der Waals surface area contributed by atoms with E-state index in [-0.39, 0.29) is 30.8 Å². The molecule has 2 rings (SSSR count). The van der Waals surface area contributed by atoms with E-state index in [1.165, 1.54) is 0 Å². The molecule has 1 saturated heterocycles. The Balaban J connectivity index is 1.93. The molecule has 22 heavy (non-hydrogen) atoms. The molecule has 0 saturated carbocycles. The van der Waals surface area contributed by atoms with Gasteiger partial charge in [-0.3, -0.25) is 0 Å². The van der Waals surface area contributed by atoms with Crippen molar-refractivity contribution in [3.05, 3.63) is 0 Å². The van der Waals surface area contributed by atoms with Gasteiger partial charge in [0.05, 0.1) is 12.0 Å². The van der Waals surface area contributed by atoms with Gasteiger partial charge in [0.15, 0.2) is 12.7 Å². The van der Waals surface area contributed by atoms with Crippen LogP contribution in [0, 0.1) is 5.41 Å². The molecule has 0 aromatic rings. The molecule has 1 amide bonds. The van der Waals surface area contributed by atoms with Gasteiger partial charge in [-0.25, -0.2) is 4.79 Å². The number of nitrogens with zero attached hydrogens (tertiary/aromatic N) is 2. The van der Waals surface area contributed by atoms with Crippen LogP contribution >= 0.6 is 0 Å². The molecule has 1 fully saturated rings. The number of amides is 1. The number of aliphatic hydroxyl groups excluding tert-OH is 1. The Kier molecular flexibility index (Phi) is 4.84. The second-order valence-corrected chi connectivity index (χ2v) is 7.14. The van der Waals surface area contributed by atoms with Crippen LogP contribution in [0.4, 0.5) is 4.79 Å². The first-order valence-electron chi connectivity index (χ1n) is 7.69. The van der Waals surface area contributed by atoms with Gasteiger partial charge >= 0.3 is 6.09 Å². The number of hydrogen-bond acceptors (Lipinski definition) is 6. The quantitative estimate of drug-likeness (QED) is 0.840. The predicted molar refractivity (Wildman–Crippen MR) is 80.5 cm³/mol. The van der Waals surface area contributed by atoms with Crippen LogP contribution in [0.5, 0.6) is 0 Å². The Bertz CT molecular complexity index is 436. The summed E-state index contributed by atoms with van der Waals surface area (Å²) < 4.78 is 11.1. The molecule has 7 heteroatoms. The van der Waals surface area contributed by atoms with Crippen LogP contribution in [0.25, 0.3) is 0 Å². The topological polar surface area (TPSA) is 80.6 Å². The molecule has 1 atom stereocenters. The highest BCUT2D eigenvalue weighted by Gasteiger charge is 2.41. The molecule has 1 unspecified atom stereocenters. The fraction of sp³-hybridized carbons (Fsp3) is 0.867. The zero-order valence-electron chi connectivity index (χ0n) is 13.8. The van der Waals surface area contributed by atoms with E-state index in [2.05, 4.69) is 5.16 Å². The molecule has 2 heterocycles. The SMILES string of the molecule is CC(C)(C)OC(=O)N1CCC(C)(C2=NOCC(CO)O2)CC1. The van der Waals surface area contributed by atoms with Crippen LogP contribution < -0.4 is 0 Å². The number of carbonyl (C=O) groups excluding carboxylic acids is 1. The van der Waals surface area contributed by atoms with Crippen molar-refractivity contribution in [2.24, 2.45) is 10.6 Å². The summed E-state index contributed by atoms with van der Waals surface area (Å²) in [5.41, 5.74) is -0.775. The van der Waals surface area contributed by atoms with Gasteiger partial charge in [0.2, 0.25) is 5.90 Å². The molecule has 0 aromatic carbocycles. The molecular formula is C15H26N2O5. The lowest BCUT2D eigenvalue weighted by Gasteiger charge is -2.40. The largest absolute Gasteiger partial charge is 0.469 e. The molecular weight excluding hydrogens is 288 g/mol. The van der Waals surface area contributed by atoms with Crippen LogP contribution in [0.2, 0.25) is 0 Å². The zero-order valence-corrected chi connectivity index (χ0v) is 13.8. The fourth-order valence-electron chi connectivity index (χ4n) is 2.46. The Morgan fingerprint density at radius 1 is 1.45 bits per heavy atom. The normalized spacial score (nSPS) is 24.9. The fourth-order valence-corrected chi connectivity index (χ4v) is 2.46. The molecule has 126 valence electrons. The molecule has 0 spiro atoms. The zero-order chi connectivity index (χ0) is 16.4. The van der Waals surface area contributed by atoms with Gasteiger partial charge in [0.25, 0.3) is 0 Å². The number of hydrogen-bond donors (Lipinski definition) is 1. The average molecular weight is 314 g/mol. The van der Waals surface area contributed by atoms with Crippen molar-refractivity contribution in [1.29, 1.82) is 0 Å². The van der Waals surface area contributed by atoms with E-state index < -0.39 is 5.60 Å². The van der Waals surface area contributed by atoms with E-state index in [0.717, 1.165) is 0 Å². The van der Waals surface area contributed by atoms with Crippen molar-refractivity contribution in [2.45, 2.75) is 52.2 Å². The summed E-state index contributed by atoms with van der Waals surface area (Å²) in [6.07, 6.45) is 0.776. The minimum absolute atomic E-state index is 0.0981. The molecule has 0 radical (unpaired) electrons. The van der Waals surface area contributed by atoms with Crippen molar-refractivity contribution in [1.82, 2.24) is 4.90 Å². The van der Waals surface area contributed by atoms with Gasteiger partial charge in [0.1, 0.15) is 5.60 Å². The first-order chi connectivity index (χ1) is 10.2. The number of aliphatic hydroxyl groups is 1. The van der Waals surface area contributed by atoms with E-state index in [4.69, 9.17) is 14.3 Å². The van der Waals surface area contributed by atoms with Gasteiger partial charge in [-0.1, -0.05) is 12.1 Å². The molecule has 1 N–H and O–H groups in total. The summed E-state index contributed by atoms with van der Waals surface area (Å²) in [6, 6.07) is 0. The molecule has 7 nitrogen and oxygen atoms in total. The Hall–Kier alpha value is -1.50. The second kappa shape index (κ2) is 6.32. The van der Waals surface area contributed by atoms with Crippen LogP contribution in [-0.4, -0.2) is 60.0 Å². The summed E-state index contributed by atoms with van der Waals surface area (Å²) >= 11 is 0. The van der Waals surface area contributed by atoms with Gasteiger partial charge < -0.3 is 24.3 Å². The highest BCUT2D eigenvalue weighted by Crippen LogP contribution is 2.35. The Morgan fingerprint density at radius 3 is 2.64 bits per heavy atom. The number of carbonyl (C=O) groups is 1. The molecule has 2 aliphatic heterocycles. The average Bonchev–Trinajstić information content (AvgIpc) is 2.46. The lowest BCUT2D eigenvalue weighted by atomic mass is 9.80. The number of oxime groups is 1. The van der Waals surface area contributed by atoms with E-state index in [1.807, 2.05) is 27.7 Å². The molecule has 2 aliphatic rings. The minimum Gasteiger partial charge on any atom is -0.469 e. The highest BCUT2D eigenvalue weighted by molar-refractivity contribution is 5.82. The van der Waals surface area contributed by atoms with E-state index >= 15 is 0 Å². The maximum atomic E-state index is 12.1. The summed E-state index contributed by atoms with van der Waals surface area (Å²) in [7, 11) is 0. The first kappa shape index (κ1) is 16.9. The first-order valence-corrected chi connectivity index (χ1v) is 7.69.